The van der Waals surface area contributed by atoms with Crippen LogP contribution in [0.25, 0.3) is 0 Å². The number of aromatic amines is 1. The molecule has 0 saturated carbocycles. The minimum atomic E-state index is 0.139. The van der Waals surface area contributed by atoms with Crippen LogP contribution in [0.3, 0.4) is 0 Å². The van der Waals surface area contributed by atoms with Crippen molar-refractivity contribution in [2.24, 2.45) is 0 Å². The number of aromatic nitrogens is 2. The van der Waals surface area contributed by atoms with E-state index in [0.717, 1.165) is 11.4 Å². The summed E-state index contributed by atoms with van der Waals surface area (Å²) in [6.07, 6.45) is 0.542. The zero-order valence-electron chi connectivity index (χ0n) is 8.29. The summed E-state index contributed by atoms with van der Waals surface area (Å²) in [6.45, 7) is 4.38. The molecule has 1 aromatic rings. The molecule has 1 N–H and O–H groups in total. The van der Waals surface area contributed by atoms with Gasteiger partial charge in [0.15, 0.2) is 0 Å². The monoisotopic (exact) mass is 181 g/mol. The van der Waals surface area contributed by atoms with E-state index in [1.54, 1.807) is 11.9 Å². The van der Waals surface area contributed by atoms with Crippen LogP contribution < -0.4 is 0 Å². The molecule has 0 aliphatic heterocycles. The average molecular weight is 181 g/mol. The van der Waals surface area contributed by atoms with Crippen molar-refractivity contribution in [3.8, 4) is 0 Å². The van der Waals surface area contributed by atoms with E-state index in [-0.39, 0.29) is 5.91 Å². The van der Waals surface area contributed by atoms with Crippen LogP contribution in [0.5, 0.6) is 0 Å². The summed E-state index contributed by atoms with van der Waals surface area (Å²) >= 11 is 0. The minimum Gasteiger partial charge on any atom is -0.340 e. The van der Waals surface area contributed by atoms with Gasteiger partial charge in [-0.3, -0.25) is 9.89 Å². The Kier molecular flexibility index (Phi) is 3.06. The van der Waals surface area contributed by atoms with E-state index in [1.807, 2.05) is 19.9 Å². The number of hydrogen-bond donors (Lipinski definition) is 1. The molecule has 0 aromatic carbocycles. The van der Waals surface area contributed by atoms with Gasteiger partial charge in [0.2, 0.25) is 5.91 Å². The summed E-state index contributed by atoms with van der Waals surface area (Å²) in [7, 11) is 1.79. The number of nitrogens with one attached hydrogen (secondary N) is 1. The first-order chi connectivity index (χ1) is 6.13. The SMILES string of the molecule is CCC(=O)N(C)Cc1cc(C)[nH]n1. The topological polar surface area (TPSA) is 49.0 Å². The molecular weight excluding hydrogens is 166 g/mol. The molecule has 1 rings (SSSR count). The molecule has 13 heavy (non-hydrogen) atoms. The lowest BCUT2D eigenvalue weighted by molar-refractivity contribution is -0.130. The molecule has 0 bridgehead atoms. The third-order valence-electron chi connectivity index (χ3n) is 1.89. The fraction of sp³-hybridized carbons (Fsp3) is 0.556. The van der Waals surface area contributed by atoms with Crippen LogP contribution in [-0.2, 0) is 11.3 Å². The van der Waals surface area contributed by atoms with E-state index in [4.69, 9.17) is 0 Å². The molecule has 0 unspecified atom stereocenters. The van der Waals surface area contributed by atoms with E-state index in [1.165, 1.54) is 0 Å². The van der Waals surface area contributed by atoms with Crippen molar-refractivity contribution in [2.45, 2.75) is 26.8 Å². The van der Waals surface area contributed by atoms with Gasteiger partial charge in [-0.25, -0.2) is 0 Å². The van der Waals surface area contributed by atoms with Crippen LogP contribution in [0.4, 0.5) is 0 Å². The van der Waals surface area contributed by atoms with Gasteiger partial charge in [-0.05, 0) is 13.0 Å². The van der Waals surface area contributed by atoms with E-state index < -0.39 is 0 Å². The summed E-state index contributed by atoms with van der Waals surface area (Å²) in [5.74, 6) is 0.139. The van der Waals surface area contributed by atoms with Crippen LogP contribution in [-0.4, -0.2) is 28.1 Å². The number of aryl methyl sites for hydroxylation is 1. The molecule has 1 amide bonds. The normalized spacial score (nSPS) is 10.1. The highest BCUT2D eigenvalue weighted by atomic mass is 16.2. The Morgan fingerprint density at radius 2 is 2.38 bits per heavy atom. The molecule has 0 aliphatic carbocycles. The first-order valence-corrected chi connectivity index (χ1v) is 4.38. The minimum absolute atomic E-state index is 0.139. The van der Waals surface area contributed by atoms with Crippen molar-refractivity contribution < 1.29 is 4.79 Å². The first-order valence-electron chi connectivity index (χ1n) is 4.38. The summed E-state index contributed by atoms with van der Waals surface area (Å²) in [5, 5.41) is 6.90. The van der Waals surface area contributed by atoms with E-state index >= 15 is 0 Å². The van der Waals surface area contributed by atoms with Crippen molar-refractivity contribution in [3.05, 3.63) is 17.5 Å². The van der Waals surface area contributed by atoms with Crippen LogP contribution in [0, 0.1) is 6.92 Å². The van der Waals surface area contributed by atoms with Gasteiger partial charge in [-0.15, -0.1) is 0 Å². The molecule has 0 spiro atoms. The third kappa shape index (κ3) is 2.57. The van der Waals surface area contributed by atoms with Crippen molar-refractivity contribution in [2.75, 3.05) is 7.05 Å². The van der Waals surface area contributed by atoms with Gasteiger partial charge in [0, 0.05) is 19.2 Å². The Morgan fingerprint density at radius 1 is 1.69 bits per heavy atom. The van der Waals surface area contributed by atoms with Crippen molar-refractivity contribution in [3.63, 3.8) is 0 Å². The number of carbonyl (C=O) groups is 1. The zero-order chi connectivity index (χ0) is 9.84. The Hall–Kier alpha value is -1.32. The Morgan fingerprint density at radius 3 is 2.85 bits per heavy atom. The molecule has 0 aliphatic rings. The van der Waals surface area contributed by atoms with Gasteiger partial charge < -0.3 is 4.90 Å². The van der Waals surface area contributed by atoms with Gasteiger partial charge in [0.05, 0.1) is 12.2 Å². The molecule has 0 saturated heterocycles. The van der Waals surface area contributed by atoms with Gasteiger partial charge >= 0.3 is 0 Å². The second kappa shape index (κ2) is 4.07. The summed E-state index contributed by atoms with van der Waals surface area (Å²) in [5.41, 5.74) is 1.93. The maximum absolute atomic E-state index is 11.2. The van der Waals surface area contributed by atoms with E-state index in [9.17, 15) is 4.79 Å². The molecule has 4 heteroatoms. The molecule has 0 atom stereocenters. The van der Waals surface area contributed by atoms with Gasteiger partial charge in [-0.2, -0.15) is 5.10 Å². The maximum atomic E-state index is 11.2. The number of amides is 1. The smallest absolute Gasteiger partial charge is 0.222 e. The first kappa shape index (κ1) is 9.77. The number of nitrogens with zero attached hydrogens (tertiary/aromatic N) is 2. The highest BCUT2D eigenvalue weighted by Crippen LogP contribution is 2.02. The molecule has 72 valence electrons. The highest BCUT2D eigenvalue weighted by Gasteiger charge is 2.07. The zero-order valence-corrected chi connectivity index (χ0v) is 8.29. The largest absolute Gasteiger partial charge is 0.340 e. The predicted molar refractivity (Wildman–Crippen MR) is 50.1 cm³/mol. The van der Waals surface area contributed by atoms with Crippen LogP contribution in [0.1, 0.15) is 24.7 Å². The highest BCUT2D eigenvalue weighted by molar-refractivity contribution is 5.75. The van der Waals surface area contributed by atoms with Gasteiger partial charge in [0.25, 0.3) is 0 Å². The Labute approximate surface area is 77.9 Å². The second-order valence-electron chi connectivity index (χ2n) is 3.15. The van der Waals surface area contributed by atoms with Crippen molar-refractivity contribution in [1.82, 2.24) is 15.1 Å². The molecule has 0 radical (unpaired) electrons. The fourth-order valence-corrected chi connectivity index (χ4v) is 1.16. The van der Waals surface area contributed by atoms with Crippen molar-refractivity contribution in [1.29, 1.82) is 0 Å². The summed E-state index contributed by atoms with van der Waals surface area (Å²) in [4.78, 5) is 12.9. The fourth-order valence-electron chi connectivity index (χ4n) is 1.16. The molecule has 4 nitrogen and oxygen atoms in total. The summed E-state index contributed by atoms with van der Waals surface area (Å²) < 4.78 is 0. The van der Waals surface area contributed by atoms with Crippen molar-refractivity contribution >= 4 is 5.91 Å². The number of rotatable bonds is 3. The predicted octanol–water partition coefficient (Wildman–Crippen LogP) is 1.09. The third-order valence-corrected chi connectivity index (χ3v) is 1.89. The van der Waals surface area contributed by atoms with E-state index in [2.05, 4.69) is 10.2 Å². The maximum Gasteiger partial charge on any atom is 0.222 e. The number of carbonyl (C=O) groups excluding carboxylic acids is 1. The van der Waals surface area contributed by atoms with Gasteiger partial charge in [0.1, 0.15) is 0 Å². The number of hydrogen-bond acceptors (Lipinski definition) is 2. The second-order valence-corrected chi connectivity index (χ2v) is 3.15. The number of H-pyrrole nitrogens is 1. The van der Waals surface area contributed by atoms with Crippen LogP contribution in [0.15, 0.2) is 6.07 Å². The van der Waals surface area contributed by atoms with E-state index in [0.29, 0.717) is 13.0 Å². The lowest BCUT2D eigenvalue weighted by Crippen LogP contribution is -2.25. The average Bonchev–Trinajstić information content (AvgIpc) is 2.49. The Bertz CT molecular complexity index is 293. The quantitative estimate of drug-likeness (QED) is 0.758. The van der Waals surface area contributed by atoms with Crippen LogP contribution in [0.2, 0.25) is 0 Å². The summed E-state index contributed by atoms with van der Waals surface area (Å²) in [6, 6.07) is 1.94. The lowest BCUT2D eigenvalue weighted by atomic mass is 10.3. The molecule has 0 fully saturated rings. The molecule has 1 heterocycles. The molecule has 1 aromatic heterocycles. The Balaban J connectivity index is 2.54. The van der Waals surface area contributed by atoms with Gasteiger partial charge in [-0.1, -0.05) is 6.92 Å². The lowest BCUT2D eigenvalue weighted by Gasteiger charge is -2.13. The van der Waals surface area contributed by atoms with Crippen LogP contribution >= 0.6 is 0 Å². The molecular formula is C9H15N3O. The standard InChI is InChI=1S/C9H15N3O/c1-4-9(13)12(3)6-8-5-7(2)10-11-8/h5H,4,6H2,1-3H3,(H,10,11).